The lowest BCUT2D eigenvalue weighted by molar-refractivity contribution is -0.138. The molecule has 0 aromatic rings. The van der Waals surface area contributed by atoms with Crippen LogP contribution in [0, 0.1) is 0 Å². The first-order valence-corrected chi connectivity index (χ1v) is 4.79. The van der Waals surface area contributed by atoms with E-state index in [0.29, 0.717) is 6.54 Å². The molecule has 1 aliphatic rings. The van der Waals surface area contributed by atoms with E-state index in [-0.39, 0.29) is 18.5 Å². The molecule has 0 spiro atoms. The Kier molecular flexibility index (Phi) is 3.88. The van der Waals surface area contributed by atoms with Gasteiger partial charge in [0.2, 0.25) is 5.91 Å². The van der Waals surface area contributed by atoms with Crippen molar-refractivity contribution < 1.29 is 14.7 Å². The van der Waals surface area contributed by atoms with E-state index in [0.717, 1.165) is 19.4 Å². The van der Waals surface area contributed by atoms with Gasteiger partial charge in [0.1, 0.15) is 0 Å². The summed E-state index contributed by atoms with van der Waals surface area (Å²) in [5.41, 5.74) is 0. The molecule has 0 saturated carbocycles. The number of carboxylic acid groups (broad SMARTS) is 1. The van der Waals surface area contributed by atoms with Crippen molar-refractivity contribution in [3.8, 4) is 0 Å². The number of rotatable bonds is 3. The number of hydrogen-bond donors (Lipinski definition) is 2. The van der Waals surface area contributed by atoms with Crippen molar-refractivity contribution in [1.29, 1.82) is 0 Å². The van der Waals surface area contributed by atoms with E-state index in [2.05, 4.69) is 5.32 Å². The zero-order chi connectivity index (χ0) is 10.6. The highest BCUT2D eigenvalue weighted by atomic mass is 16.4. The van der Waals surface area contributed by atoms with Gasteiger partial charge < -0.3 is 10.4 Å². The predicted octanol–water partition coefficient (Wildman–Crippen LogP) is -0.328. The summed E-state index contributed by atoms with van der Waals surface area (Å²) in [5.74, 6) is -0.861. The second kappa shape index (κ2) is 4.95. The Labute approximate surface area is 83.1 Å². The summed E-state index contributed by atoms with van der Waals surface area (Å²) in [6, 6.07) is 0.112. The maximum atomic E-state index is 10.8. The van der Waals surface area contributed by atoms with Gasteiger partial charge in [-0.2, -0.15) is 0 Å². The Hall–Kier alpha value is -1.10. The molecular formula is C9H16N2O3. The van der Waals surface area contributed by atoms with Gasteiger partial charge in [-0.05, 0) is 19.4 Å². The number of piperidine rings is 1. The minimum absolute atomic E-state index is 0.0489. The number of aliphatic carboxylic acids is 1. The van der Waals surface area contributed by atoms with Crippen LogP contribution in [0.3, 0.4) is 0 Å². The van der Waals surface area contributed by atoms with Gasteiger partial charge in [0.25, 0.3) is 0 Å². The van der Waals surface area contributed by atoms with Crippen molar-refractivity contribution >= 4 is 11.9 Å². The molecule has 1 amide bonds. The minimum Gasteiger partial charge on any atom is -0.480 e. The van der Waals surface area contributed by atoms with Crippen molar-refractivity contribution in [2.24, 2.45) is 0 Å². The molecule has 0 unspecified atom stereocenters. The monoisotopic (exact) mass is 200 g/mol. The van der Waals surface area contributed by atoms with E-state index < -0.39 is 5.97 Å². The maximum Gasteiger partial charge on any atom is 0.317 e. The zero-order valence-corrected chi connectivity index (χ0v) is 8.32. The smallest absolute Gasteiger partial charge is 0.317 e. The highest BCUT2D eigenvalue weighted by Crippen LogP contribution is 2.09. The minimum atomic E-state index is -0.812. The first kappa shape index (κ1) is 11.0. The molecule has 14 heavy (non-hydrogen) atoms. The van der Waals surface area contributed by atoms with Crippen LogP contribution >= 0.6 is 0 Å². The van der Waals surface area contributed by atoms with Gasteiger partial charge in [0, 0.05) is 19.5 Å². The van der Waals surface area contributed by atoms with Crippen LogP contribution in [0.2, 0.25) is 0 Å². The zero-order valence-electron chi connectivity index (χ0n) is 8.32. The number of nitrogens with zero attached hydrogens (tertiary/aromatic N) is 1. The van der Waals surface area contributed by atoms with E-state index in [1.807, 2.05) is 4.90 Å². The van der Waals surface area contributed by atoms with Crippen LogP contribution in [0.1, 0.15) is 19.8 Å². The van der Waals surface area contributed by atoms with Crippen LogP contribution < -0.4 is 5.32 Å². The number of carbonyl (C=O) groups excluding carboxylic acids is 1. The van der Waals surface area contributed by atoms with Gasteiger partial charge in [-0.15, -0.1) is 0 Å². The van der Waals surface area contributed by atoms with Gasteiger partial charge in [0.15, 0.2) is 0 Å². The SMILES string of the molecule is CC(=O)N[C@@H]1CCCN(CC(=O)O)C1. The van der Waals surface area contributed by atoms with Crippen molar-refractivity contribution in [3.05, 3.63) is 0 Å². The van der Waals surface area contributed by atoms with Crippen LogP contribution in [0.15, 0.2) is 0 Å². The third-order valence-electron chi connectivity index (χ3n) is 2.27. The molecule has 0 aromatic heterocycles. The van der Waals surface area contributed by atoms with Gasteiger partial charge in [-0.1, -0.05) is 0 Å². The van der Waals surface area contributed by atoms with E-state index in [1.54, 1.807) is 0 Å². The normalized spacial score (nSPS) is 23.1. The summed E-state index contributed by atoms with van der Waals surface area (Å²) in [6.45, 7) is 3.00. The van der Waals surface area contributed by atoms with Crippen LogP contribution in [0.25, 0.3) is 0 Å². The maximum absolute atomic E-state index is 10.8. The number of nitrogens with one attached hydrogen (secondary N) is 1. The molecule has 0 bridgehead atoms. The van der Waals surface area contributed by atoms with E-state index in [1.165, 1.54) is 6.92 Å². The molecule has 80 valence electrons. The molecule has 1 aliphatic heterocycles. The second-order valence-corrected chi connectivity index (χ2v) is 3.67. The van der Waals surface area contributed by atoms with Crippen LogP contribution in [0.4, 0.5) is 0 Å². The van der Waals surface area contributed by atoms with E-state index in [9.17, 15) is 9.59 Å². The molecule has 5 nitrogen and oxygen atoms in total. The van der Waals surface area contributed by atoms with Gasteiger partial charge >= 0.3 is 5.97 Å². The molecule has 0 radical (unpaired) electrons. The van der Waals surface area contributed by atoms with E-state index in [4.69, 9.17) is 5.11 Å². The van der Waals surface area contributed by atoms with Gasteiger partial charge in [-0.3, -0.25) is 14.5 Å². The topological polar surface area (TPSA) is 69.6 Å². The Balaban J connectivity index is 2.35. The third kappa shape index (κ3) is 3.74. The Morgan fingerprint density at radius 1 is 1.57 bits per heavy atom. The standard InChI is InChI=1S/C9H16N2O3/c1-7(12)10-8-3-2-4-11(5-8)6-9(13)14/h8H,2-6H2,1H3,(H,10,12)(H,13,14)/t8-/m1/s1. The lowest BCUT2D eigenvalue weighted by Gasteiger charge is -2.31. The largest absolute Gasteiger partial charge is 0.480 e. The average Bonchev–Trinajstić information content (AvgIpc) is 2.01. The molecule has 1 saturated heterocycles. The number of carboxylic acids is 1. The first-order valence-electron chi connectivity index (χ1n) is 4.79. The summed E-state index contributed by atoms with van der Waals surface area (Å²) in [6.07, 6.45) is 1.88. The first-order chi connectivity index (χ1) is 6.58. The predicted molar refractivity (Wildman–Crippen MR) is 50.9 cm³/mol. The van der Waals surface area contributed by atoms with Crippen LogP contribution in [-0.2, 0) is 9.59 Å². The lowest BCUT2D eigenvalue weighted by atomic mass is 10.1. The fourth-order valence-electron chi connectivity index (χ4n) is 1.80. The third-order valence-corrected chi connectivity index (χ3v) is 2.27. The molecule has 2 N–H and O–H groups in total. The summed E-state index contributed by atoms with van der Waals surface area (Å²) >= 11 is 0. The summed E-state index contributed by atoms with van der Waals surface area (Å²) in [4.78, 5) is 23.1. The molecular weight excluding hydrogens is 184 g/mol. The van der Waals surface area contributed by atoms with Crippen LogP contribution in [-0.4, -0.2) is 47.6 Å². The summed E-state index contributed by atoms with van der Waals surface area (Å²) < 4.78 is 0. The average molecular weight is 200 g/mol. The quantitative estimate of drug-likeness (QED) is 0.654. The number of amides is 1. The molecule has 0 aromatic carbocycles. The van der Waals surface area contributed by atoms with Crippen molar-refractivity contribution in [3.63, 3.8) is 0 Å². The van der Waals surface area contributed by atoms with Crippen molar-refractivity contribution in [2.75, 3.05) is 19.6 Å². The number of hydrogen-bond acceptors (Lipinski definition) is 3. The Bertz CT molecular complexity index is 208. The lowest BCUT2D eigenvalue weighted by Crippen LogP contribution is -2.48. The van der Waals surface area contributed by atoms with Gasteiger partial charge in [0.05, 0.1) is 6.54 Å². The summed E-state index contributed by atoms with van der Waals surface area (Å²) in [5, 5.41) is 11.4. The Morgan fingerprint density at radius 2 is 2.29 bits per heavy atom. The Morgan fingerprint density at radius 3 is 2.86 bits per heavy atom. The molecule has 1 rings (SSSR count). The fraction of sp³-hybridized carbons (Fsp3) is 0.778. The number of likely N-dealkylation sites (tertiary alicyclic amines) is 1. The fourth-order valence-corrected chi connectivity index (χ4v) is 1.80. The van der Waals surface area contributed by atoms with E-state index >= 15 is 0 Å². The highest BCUT2D eigenvalue weighted by molar-refractivity contribution is 5.73. The van der Waals surface area contributed by atoms with Crippen molar-refractivity contribution in [2.45, 2.75) is 25.8 Å². The number of carbonyl (C=O) groups is 2. The summed E-state index contributed by atoms with van der Waals surface area (Å²) in [7, 11) is 0. The van der Waals surface area contributed by atoms with Crippen LogP contribution in [0.5, 0.6) is 0 Å². The molecule has 1 atom stereocenters. The second-order valence-electron chi connectivity index (χ2n) is 3.67. The molecule has 5 heteroatoms. The van der Waals surface area contributed by atoms with Crippen molar-refractivity contribution in [1.82, 2.24) is 10.2 Å². The molecule has 1 heterocycles. The highest BCUT2D eigenvalue weighted by Gasteiger charge is 2.21. The molecule has 1 fully saturated rings. The van der Waals surface area contributed by atoms with Gasteiger partial charge in [-0.25, -0.2) is 0 Å². The molecule has 0 aliphatic carbocycles.